The fraction of sp³-hybridized carbons (Fsp3) is 0.600. The van der Waals surface area contributed by atoms with E-state index >= 15 is 0 Å². The van der Waals surface area contributed by atoms with Gasteiger partial charge in [-0.3, -0.25) is 0 Å². The van der Waals surface area contributed by atoms with Crippen LogP contribution in [-0.4, -0.2) is 38.6 Å². The van der Waals surface area contributed by atoms with E-state index in [1.165, 1.54) is 37.2 Å². The van der Waals surface area contributed by atoms with E-state index in [1.807, 2.05) is 12.1 Å². The summed E-state index contributed by atoms with van der Waals surface area (Å²) in [6.45, 7) is 5.72. The highest BCUT2D eigenvalue weighted by Gasteiger charge is 2.20. The topological polar surface area (TPSA) is 32.5 Å². The Morgan fingerprint density at radius 2 is 2.22 bits per heavy atom. The van der Waals surface area contributed by atoms with E-state index in [2.05, 4.69) is 36.9 Å². The molecule has 18 heavy (non-hydrogen) atoms. The Morgan fingerprint density at radius 3 is 2.83 bits per heavy atom. The molecular formula is C15H25N3. The predicted molar refractivity (Wildman–Crippen MR) is 79.1 cm³/mol. The fourth-order valence-electron chi connectivity index (χ4n) is 2.95. The second kappa shape index (κ2) is 5.61. The third-order valence-electron chi connectivity index (χ3n) is 4.01. The Bertz CT molecular complexity index is 382. The molecule has 1 aliphatic rings. The van der Waals surface area contributed by atoms with Crippen LogP contribution in [0, 0.1) is 12.8 Å². The maximum Gasteiger partial charge on any atom is 0.0627 e. The van der Waals surface area contributed by atoms with Gasteiger partial charge in [-0.15, -0.1) is 0 Å². The molecule has 0 saturated carbocycles. The minimum Gasteiger partial charge on any atom is -0.397 e. The van der Waals surface area contributed by atoms with Crippen LogP contribution >= 0.6 is 0 Å². The summed E-state index contributed by atoms with van der Waals surface area (Å²) in [5.74, 6) is 0.850. The molecule has 1 aliphatic heterocycles. The van der Waals surface area contributed by atoms with Crippen LogP contribution in [-0.2, 0) is 0 Å². The lowest BCUT2D eigenvalue weighted by Gasteiger charge is -2.24. The molecule has 0 radical (unpaired) electrons. The van der Waals surface area contributed by atoms with E-state index in [9.17, 15) is 0 Å². The van der Waals surface area contributed by atoms with Crippen LogP contribution in [0.4, 0.5) is 11.4 Å². The average Bonchev–Trinajstić information content (AvgIpc) is 2.72. The highest BCUT2D eigenvalue weighted by atomic mass is 15.1. The zero-order chi connectivity index (χ0) is 13.1. The molecule has 1 heterocycles. The van der Waals surface area contributed by atoms with Gasteiger partial charge in [0.05, 0.1) is 11.4 Å². The van der Waals surface area contributed by atoms with Gasteiger partial charge in [-0.2, -0.15) is 0 Å². The third-order valence-corrected chi connectivity index (χ3v) is 4.01. The number of likely N-dealkylation sites (tertiary alicyclic amines) is 1. The van der Waals surface area contributed by atoms with Crippen molar-refractivity contribution in [2.45, 2.75) is 19.8 Å². The van der Waals surface area contributed by atoms with E-state index < -0.39 is 0 Å². The Hall–Kier alpha value is -1.22. The molecule has 1 aromatic carbocycles. The number of nitrogens with two attached hydrogens (primary N) is 1. The van der Waals surface area contributed by atoms with Gasteiger partial charge in [0.25, 0.3) is 0 Å². The van der Waals surface area contributed by atoms with E-state index in [4.69, 9.17) is 5.73 Å². The normalized spacial score (nSPS) is 20.3. The Morgan fingerprint density at radius 1 is 1.44 bits per heavy atom. The molecule has 0 spiro atoms. The predicted octanol–water partition coefficient (Wildman–Crippen LogP) is 2.36. The van der Waals surface area contributed by atoms with Crippen LogP contribution < -0.4 is 10.6 Å². The first-order valence-corrected chi connectivity index (χ1v) is 6.82. The van der Waals surface area contributed by atoms with Crippen molar-refractivity contribution in [3.63, 3.8) is 0 Å². The van der Waals surface area contributed by atoms with Crippen LogP contribution in [0.1, 0.15) is 18.4 Å². The largest absolute Gasteiger partial charge is 0.397 e. The average molecular weight is 247 g/mol. The number of anilines is 2. The first kappa shape index (κ1) is 13.2. The van der Waals surface area contributed by atoms with Gasteiger partial charge in [0.15, 0.2) is 0 Å². The van der Waals surface area contributed by atoms with E-state index in [1.54, 1.807) is 0 Å². The third kappa shape index (κ3) is 2.96. The molecule has 1 saturated heterocycles. The van der Waals surface area contributed by atoms with Gasteiger partial charge >= 0.3 is 0 Å². The maximum atomic E-state index is 6.08. The summed E-state index contributed by atoms with van der Waals surface area (Å²) in [6.07, 6.45) is 2.60. The molecule has 2 N–H and O–H groups in total. The summed E-state index contributed by atoms with van der Waals surface area (Å²) >= 11 is 0. The van der Waals surface area contributed by atoms with Gasteiger partial charge in [-0.25, -0.2) is 0 Å². The molecule has 1 atom stereocenters. The molecule has 1 fully saturated rings. The number of rotatable bonds is 4. The molecular weight excluding hydrogens is 222 g/mol. The van der Waals surface area contributed by atoms with Crippen molar-refractivity contribution in [2.75, 3.05) is 44.4 Å². The highest BCUT2D eigenvalue weighted by molar-refractivity contribution is 5.70. The van der Waals surface area contributed by atoms with Crippen LogP contribution in [0.3, 0.4) is 0 Å². The lowest BCUT2D eigenvalue weighted by Crippen LogP contribution is -2.23. The van der Waals surface area contributed by atoms with Crippen molar-refractivity contribution in [1.29, 1.82) is 0 Å². The van der Waals surface area contributed by atoms with Crippen molar-refractivity contribution in [1.82, 2.24) is 4.90 Å². The Balaban J connectivity index is 1.93. The first-order valence-electron chi connectivity index (χ1n) is 6.82. The second-order valence-electron chi connectivity index (χ2n) is 5.64. The number of nitrogen functional groups attached to an aromatic ring is 1. The molecule has 0 aliphatic carbocycles. The van der Waals surface area contributed by atoms with E-state index in [-0.39, 0.29) is 0 Å². The summed E-state index contributed by atoms with van der Waals surface area (Å²) in [4.78, 5) is 4.73. The number of para-hydroxylation sites is 1. The SMILES string of the molecule is Cc1cccc(N)c1N(C)CCC1CCN(C)C1. The van der Waals surface area contributed by atoms with Gasteiger partial charge in [0, 0.05) is 20.1 Å². The smallest absolute Gasteiger partial charge is 0.0627 e. The fourth-order valence-corrected chi connectivity index (χ4v) is 2.95. The van der Waals surface area contributed by atoms with Gasteiger partial charge in [-0.1, -0.05) is 12.1 Å². The van der Waals surface area contributed by atoms with Crippen LogP contribution in [0.15, 0.2) is 18.2 Å². The van der Waals surface area contributed by atoms with Crippen molar-refractivity contribution in [3.8, 4) is 0 Å². The number of hydrogen-bond donors (Lipinski definition) is 1. The van der Waals surface area contributed by atoms with Gasteiger partial charge < -0.3 is 15.5 Å². The van der Waals surface area contributed by atoms with E-state index in [0.29, 0.717) is 0 Å². The Labute approximate surface area is 111 Å². The van der Waals surface area contributed by atoms with Crippen molar-refractivity contribution in [2.24, 2.45) is 5.92 Å². The summed E-state index contributed by atoms with van der Waals surface area (Å²) < 4.78 is 0. The molecule has 0 bridgehead atoms. The first-order chi connectivity index (χ1) is 8.58. The number of benzene rings is 1. The minimum absolute atomic E-state index is 0.850. The van der Waals surface area contributed by atoms with Crippen molar-refractivity contribution in [3.05, 3.63) is 23.8 Å². The summed E-state index contributed by atoms with van der Waals surface area (Å²) in [7, 11) is 4.36. The second-order valence-corrected chi connectivity index (χ2v) is 5.64. The number of hydrogen-bond acceptors (Lipinski definition) is 3. The zero-order valence-electron chi connectivity index (χ0n) is 11.8. The molecule has 100 valence electrons. The zero-order valence-corrected chi connectivity index (χ0v) is 11.8. The lowest BCUT2D eigenvalue weighted by molar-refractivity contribution is 0.389. The molecule has 2 rings (SSSR count). The number of aryl methyl sites for hydroxylation is 1. The standard InChI is InChI=1S/C15H25N3/c1-12-5-4-6-14(16)15(12)18(3)10-8-13-7-9-17(2)11-13/h4-6,13H,7-11,16H2,1-3H3. The summed E-state index contributed by atoms with van der Waals surface area (Å²) in [5, 5.41) is 0. The quantitative estimate of drug-likeness (QED) is 0.829. The van der Waals surface area contributed by atoms with Crippen molar-refractivity contribution >= 4 is 11.4 Å². The van der Waals surface area contributed by atoms with Crippen LogP contribution in [0.5, 0.6) is 0 Å². The van der Waals surface area contributed by atoms with Crippen LogP contribution in [0.2, 0.25) is 0 Å². The molecule has 3 nitrogen and oxygen atoms in total. The molecule has 0 amide bonds. The monoisotopic (exact) mass is 247 g/mol. The highest BCUT2D eigenvalue weighted by Crippen LogP contribution is 2.27. The lowest BCUT2D eigenvalue weighted by atomic mass is 10.0. The number of nitrogens with zero attached hydrogens (tertiary/aromatic N) is 2. The molecule has 1 unspecified atom stereocenters. The molecule has 1 aromatic rings. The maximum absolute atomic E-state index is 6.08. The molecule has 0 aromatic heterocycles. The summed E-state index contributed by atoms with van der Waals surface area (Å²) in [6, 6.07) is 6.14. The van der Waals surface area contributed by atoms with Crippen molar-refractivity contribution < 1.29 is 0 Å². The van der Waals surface area contributed by atoms with E-state index in [0.717, 1.165) is 18.2 Å². The van der Waals surface area contributed by atoms with Gasteiger partial charge in [0.2, 0.25) is 0 Å². The van der Waals surface area contributed by atoms with Gasteiger partial charge in [0.1, 0.15) is 0 Å². The summed E-state index contributed by atoms with van der Waals surface area (Å²) in [5.41, 5.74) is 9.43. The Kier molecular flexibility index (Phi) is 4.12. The van der Waals surface area contributed by atoms with Gasteiger partial charge in [-0.05, 0) is 50.9 Å². The molecule has 3 heteroatoms. The minimum atomic E-state index is 0.850. The van der Waals surface area contributed by atoms with Crippen LogP contribution in [0.25, 0.3) is 0 Å².